The summed E-state index contributed by atoms with van der Waals surface area (Å²) in [5.41, 5.74) is 5.20. The third-order valence-electron chi connectivity index (χ3n) is 7.39. The maximum absolute atomic E-state index is 12.9. The minimum Gasteiger partial charge on any atom is -0.348 e. The van der Waals surface area contributed by atoms with Crippen LogP contribution >= 0.6 is 11.3 Å². The number of carbonyl (C=O) groups is 3. The van der Waals surface area contributed by atoms with Gasteiger partial charge in [0.25, 0.3) is 11.8 Å². The van der Waals surface area contributed by atoms with Crippen molar-refractivity contribution in [3.8, 4) is 0 Å². The van der Waals surface area contributed by atoms with E-state index in [4.69, 9.17) is 0 Å². The van der Waals surface area contributed by atoms with Gasteiger partial charge in [0.05, 0.1) is 30.3 Å². The Labute approximate surface area is 207 Å². The third-order valence-corrected chi connectivity index (χ3v) is 8.25. The molecule has 7 heteroatoms. The van der Waals surface area contributed by atoms with Gasteiger partial charge in [0.1, 0.15) is 0 Å². The summed E-state index contributed by atoms with van der Waals surface area (Å²) >= 11 is 1.67. The van der Waals surface area contributed by atoms with Crippen LogP contribution in [0, 0.1) is 6.92 Å². The van der Waals surface area contributed by atoms with Crippen molar-refractivity contribution in [1.82, 2.24) is 14.4 Å². The number of carbonyl (C=O) groups excluding carboxylic acids is 3. The fraction of sp³-hybridized carbons (Fsp3) is 0.250. The number of aromatic nitrogens is 1. The molecule has 2 aromatic heterocycles. The van der Waals surface area contributed by atoms with Crippen LogP contribution in [-0.4, -0.2) is 32.1 Å². The lowest BCUT2D eigenvalue weighted by Gasteiger charge is -2.25. The average molecular weight is 484 g/mol. The molecule has 2 aliphatic rings. The lowest BCUT2D eigenvalue weighted by Crippen LogP contribution is -2.29. The van der Waals surface area contributed by atoms with Gasteiger partial charge in [-0.05, 0) is 54.6 Å². The molecule has 2 aromatic carbocycles. The Kier molecular flexibility index (Phi) is 5.11. The molecule has 176 valence electrons. The summed E-state index contributed by atoms with van der Waals surface area (Å²) in [6, 6.07) is 17.2. The highest BCUT2D eigenvalue weighted by molar-refractivity contribution is 7.09. The number of thiophene rings is 1. The Morgan fingerprint density at radius 1 is 0.943 bits per heavy atom. The van der Waals surface area contributed by atoms with Crippen molar-refractivity contribution in [2.75, 3.05) is 0 Å². The second kappa shape index (κ2) is 8.20. The zero-order valence-electron chi connectivity index (χ0n) is 19.7. The molecule has 0 saturated carbocycles. The van der Waals surface area contributed by atoms with Crippen LogP contribution < -0.4 is 0 Å². The fourth-order valence-electron chi connectivity index (χ4n) is 5.53. The molecular weight excluding hydrogens is 458 g/mol. The molecule has 0 bridgehead atoms. The highest BCUT2D eigenvalue weighted by atomic mass is 32.1. The van der Waals surface area contributed by atoms with Gasteiger partial charge in [-0.15, -0.1) is 11.3 Å². The van der Waals surface area contributed by atoms with Crippen molar-refractivity contribution in [3.63, 3.8) is 0 Å². The molecule has 35 heavy (non-hydrogen) atoms. The predicted octanol–water partition coefficient (Wildman–Crippen LogP) is 5.21. The normalized spacial score (nSPS) is 17.8. The van der Waals surface area contributed by atoms with Gasteiger partial charge in [-0.1, -0.05) is 24.3 Å². The van der Waals surface area contributed by atoms with Gasteiger partial charge in [0.15, 0.2) is 0 Å². The number of fused-ring (bicyclic) bond motifs is 2. The topological polar surface area (TPSA) is 62.6 Å². The van der Waals surface area contributed by atoms with Crippen molar-refractivity contribution in [2.24, 2.45) is 7.05 Å². The van der Waals surface area contributed by atoms with E-state index < -0.39 is 0 Å². The minimum absolute atomic E-state index is 0.00264. The van der Waals surface area contributed by atoms with Crippen molar-refractivity contribution >= 4 is 40.0 Å². The van der Waals surface area contributed by atoms with Crippen molar-refractivity contribution in [1.29, 1.82) is 0 Å². The Balaban J connectivity index is 1.37. The number of likely N-dealkylation sites (tertiary alicyclic amines) is 1. The average Bonchev–Trinajstić information content (AvgIpc) is 3.61. The smallest absolute Gasteiger partial charge is 0.261 e. The maximum atomic E-state index is 12.9. The van der Waals surface area contributed by atoms with Crippen LogP contribution in [0.25, 0.3) is 10.9 Å². The molecule has 4 aromatic rings. The number of hydrogen-bond donors (Lipinski definition) is 0. The van der Waals surface area contributed by atoms with E-state index in [0.717, 1.165) is 34.1 Å². The summed E-state index contributed by atoms with van der Waals surface area (Å²) < 4.78 is 2.17. The lowest BCUT2D eigenvalue weighted by atomic mass is 9.99. The zero-order valence-corrected chi connectivity index (χ0v) is 20.5. The molecule has 0 unspecified atom stereocenters. The number of amides is 3. The largest absolute Gasteiger partial charge is 0.348 e. The SMILES string of the molecule is Cc1c([C@H]2CCC(=O)N2Cc2cccs2)c2cc(CN3C(=O)c4ccccc4C3=O)ccc2n1C. The zero-order chi connectivity index (χ0) is 24.3. The number of rotatable bonds is 5. The number of imide groups is 1. The lowest BCUT2D eigenvalue weighted by molar-refractivity contribution is -0.129. The Morgan fingerprint density at radius 2 is 1.69 bits per heavy atom. The summed E-state index contributed by atoms with van der Waals surface area (Å²) in [6.45, 7) is 2.94. The van der Waals surface area contributed by atoms with Gasteiger partial charge in [0, 0.05) is 40.5 Å². The summed E-state index contributed by atoms with van der Waals surface area (Å²) in [5.74, 6) is -0.320. The van der Waals surface area contributed by atoms with Gasteiger partial charge in [-0.3, -0.25) is 19.3 Å². The Morgan fingerprint density at radius 3 is 2.37 bits per heavy atom. The van der Waals surface area contributed by atoms with Crippen LogP contribution in [0.4, 0.5) is 0 Å². The number of aryl methyl sites for hydroxylation is 1. The first-order valence-corrected chi connectivity index (χ1v) is 12.7. The minimum atomic E-state index is -0.251. The Hall–Kier alpha value is -3.71. The summed E-state index contributed by atoms with van der Waals surface area (Å²) in [4.78, 5) is 43.2. The molecule has 3 amide bonds. The molecule has 1 fully saturated rings. The molecule has 6 nitrogen and oxygen atoms in total. The van der Waals surface area contributed by atoms with Gasteiger partial charge in [-0.25, -0.2) is 0 Å². The van der Waals surface area contributed by atoms with E-state index in [1.165, 1.54) is 9.78 Å². The molecule has 0 aliphatic carbocycles. The predicted molar refractivity (Wildman–Crippen MR) is 135 cm³/mol. The molecule has 0 radical (unpaired) electrons. The highest BCUT2D eigenvalue weighted by Gasteiger charge is 2.37. The van der Waals surface area contributed by atoms with E-state index in [2.05, 4.69) is 29.7 Å². The second-order valence-corrected chi connectivity index (χ2v) is 10.3. The molecule has 6 rings (SSSR count). The molecule has 1 atom stereocenters. The van der Waals surface area contributed by atoms with Crippen LogP contribution in [0.2, 0.25) is 0 Å². The van der Waals surface area contributed by atoms with Crippen LogP contribution in [0.3, 0.4) is 0 Å². The van der Waals surface area contributed by atoms with Crippen molar-refractivity contribution in [3.05, 3.63) is 92.8 Å². The van der Waals surface area contributed by atoms with Gasteiger partial charge >= 0.3 is 0 Å². The molecular formula is C28H25N3O3S. The van der Waals surface area contributed by atoms with Crippen molar-refractivity contribution in [2.45, 2.75) is 38.9 Å². The van der Waals surface area contributed by atoms with Crippen LogP contribution in [0.5, 0.6) is 0 Å². The first-order chi connectivity index (χ1) is 16.9. The summed E-state index contributed by atoms with van der Waals surface area (Å²) in [6.07, 6.45) is 1.33. The number of nitrogens with zero attached hydrogens (tertiary/aromatic N) is 3. The Bertz CT molecular complexity index is 1470. The van der Waals surface area contributed by atoms with E-state index in [0.29, 0.717) is 24.1 Å². The van der Waals surface area contributed by atoms with Gasteiger partial charge in [-0.2, -0.15) is 0 Å². The summed E-state index contributed by atoms with van der Waals surface area (Å²) in [5, 5.41) is 3.12. The maximum Gasteiger partial charge on any atom is 0.261 e. The second-order valence-electron chi connectivity index (χ2n) is 9.31. The monoisotopic (exact) mass is 483 g/mol. The number of hydrogen-bond acceptors (Lipinski definition) is 4. The van der Waals surface area contributed by atoms with E-state index in [1.807, 2.05) is 29.5 Å². The number of benzene rings is 2. The fourth-order valence-corrected chi connectivity index (χ4v) is 6.24. The molecule has 2 aliphatic heterocycles. The summed E-state index contributed by atoms with van der Waals surface area (Å²) in [7, 11) is 2.05. The van der Waals surface area contributed by atoms with E-state index >= 15 is 0 Å². The molecule has 0 spiro atoms. The molecule has 4 heterocycles. The van der Waals surface area contributed by atoms with E-state index in [-0.39, 0.29) is 30.3 Å². The van der Waals surface area contributed by atoms with Crippen molar-refractivity contribution < 1.29 is 14.4 Å². The standard InChI is InChI=1S/C28H25N3O3S/c1-17-26(24-11-12-25(32)30(24)16-19-6-5-13-35-19)22-14-18(9-10-23(22)29(17)2)15-31-27(33)20-7-3-4-8-21(20)28(31)34/h3-10,13-14,24H,11-12,15-16H2,1-2H3/t24-/m1/s1. The van der Waals surface area contributed by atoms with Crippen LogP contribution in [0.1, 0.15) is 61.3 Å². The third kappa shape index (κ3) is 3.41. The molecule has 1 saturated heterocycles. The molecule has 0 N–H and O–H groups in total. The quantitative estimate of drug-likeness (QED) is 0.366. The van der Waals surface area contributed by atoms with E-state index in [9.17, 15) is 14.4 Å². The van der Waals surface area contributed by atoms with Gasteiger partial charge in [0.2, 0.25) is 5.91 Å². The van der Waals surface area contributed by atoms with E-state index in [1.54, 1.807) is 35.6 Å². The highest BCUT2D eigenvalue weighted by Crippen LogP contribution is 2.41. The van der Waals surface area contributed by atoms with Crippen LogP contribution in [0.15, 0.2) is 60.0 Å². The first-order valence-electron chi connectivity index (χ1n) is 11.8. The van der Waals surface area contributed by atoms with Gasteiger partial charge < -0.3 is 9.47 Å². The van der Waals surface area contributed by atoms with Crippen LogP contribution in [-0.2, 0) is 24.9 Å². The first kappa shape index (κ1) is 21.8.